The summed E-state index contributed by atoms with van der Waals surface area (Å²) >= 11 is 3.55. The molecular weight excluding hydrogens is 308 g/mol. The Morgan fingerprint density at radius 3 is 3.05 bits per heavy atom. The first-order chi connectivity index (χ1) is 9.11. The Bertz CT molecular complexity index is 787. The molecule has 0 atom stereocenters. The van der Waals surface area contributed by atoms with Gasteiger partial charge in [-0.25, -0.2) is 4.52 Å². The van der Waals surface area contributed by atoms with Crippen molar-refractivity contribution in [3.8, 4) is 0 Å². The molecule has 98 valence electrons. The van der Waals surface area contributed by atoms with Crippen LogP contribution in [0.25, 0.3) is 16.6 Å². The van der Waals surface area contributed by atoms with Crippen LogP contribution in [0.2, 0.25) is 0 Å². The van der Waals surface area contributed by atoms with Crippen molar-refractivity contribution in [1.29, 1.82) is 0 Å². The molecule has 0 aliphatic rings. The number of hydrogen-bond acceptors (Lipinski definition) is 2. The average Bonchev–Trinajstić information content (AvgIpc) is 2.95. The van der Waals surface area contributed by atoms with Crippen molar-refractivity contribution in [3.05, 3.63) is 34.1 Å². The van der Waals surface area contributed by atoms with Gasteiger partial charge in [-0.05, 0) is 47.5 Å². The van der Waals surface area contributed by atoms with Gasteiger partial charge in [-0.3, -0.25) is 4.79 Å². The normalized spacial score (nSPS) is 11.3. The summed E-state index contributed by atoms with van der Waals surface area (Å²) in [6.45, 7) is 4.51. The zero-order valence-corrected chi connectivity index (χ0v) is 12.2. The third-order valence-electron chi connectivity index (χ3n) is 3.11. The number of nitrogens with one attached hydrogen (secondary N) is 2. The minimum Gasteiger partial charge on any atom is -0.351 e. The molecule has 0 radical (unpaired) electrons. The van der Waals surface area contributed by atoms with Crippen LogP contribution in [-0.2, 0) is 0 Å². The zero-order valence-electron chi connectivity index (χ0n) is 10.6. The van der Waals surface area contributed by atoms with Crippen LogP contribution in [0.3, 0.4) is 0 Å². The third kappa shape index (κ3) is 1.83. The van der Waals surface area contributed by atoms with Crippen molar-refractivity contribution in [1.82, 2.24) is 19.9 Å². The van der Waals surface area contributed by atoms with Crippen LogP contribution in [0.1, 0.15) is 23.0 Å². The lowest BCUT2D eigenvalue weighted by Crippen LogP contribution is -2.22. The van der Waals surface area contributed by atoms with Gasteiger partial charge in [0, 0.05) is 16.4 Å². The van der Waals surface area contributed by atoms with Crippen LogP contribution in [0, 0.1) is 6.92 Å². The minimum atomic E-state index is -0.109. The standard InChI is InChI=1S/C13H13BrN4O/c1-3-15-13(19)10-4-8-9(14)5-11-7(2)6-16-18(11)12(8)17-10/h4-6,17H,3H2,1-2H3,(H,15,19). The fraction of sp³-hybridized carbons (Fsp3) is 0.231. The second kappa shape index (κ2) is 4.38. The molecule has 2 N–H and O–H groups in total. The highest BCUT2D eigenvalue weighted by Crippen LogP contribution is 2.28. The van der Waals surface area contributed by atoms with Gasteiger partial charge in [-0.15, -0.1) is 0 Å². The smallest absolute Gasteiger partial charge is 0.267 e. The fourth-order valence-corrected chi connectivity index (χ4v) is 2.68. The van der Waals surface area contributed by atoms with E-state index in [2.05, 4.69) is 31.3 Å². The van der Waals surface area contributed by atoms with E-state index < -0.39 is 0 Å². The predicted molar refractivity (Wildman–Crippen MR) is 77.5 cm³/mol. The largest absolute Gasteiger partial charge is 0.351 e. The van der Waals surface area contributed by atoms with Gasteiger partial charge in [-0.2, -0.15) is 5.10 Å². The lowest BCUT2D eigenvalue weighted by atomic mass is 10.2. The van der Waals surface area contributed by atoms with E-state index in [-0.39, 0.29) is 5.91 Å². The average molecular weight is 321 g/mol. The van der Waals surface area contributed by atoms with E-state index in [4.69, 9.17) is 0 Å². The van der Waals surface area contributed by atoms with E-state index in [0.29, 0.717) is 12.2 Å². The summed E-state index contributed by atoms with van der Waals surface area (Å²) in [5.41, 5.74) is 3.47. The number of aryl methyl sites for hydroxylation is 1. The van der Waals surface area contributed by atoms with Crippen LogP contribution in [0.15, 0.2) is 22.8 Å². The first-order valence-electron chi connectivity index (χ1n) is 6.05. The van der Waals surface area contributed by atoms with E-state index >= 15 is 0 Å². The monoisotopic (exact) mass is 320 g/mol. The molecule has 19 heavy (non-hydrogen) atoms. The molecule has 1 amide bonds. The number of H-pyrrole nitrogens is 1. The molecule has 5 nitrogen and oxygen atoms in total. The number of carbonyl (C=O) groups is 1. The first kappa shape index (κ1) is 12.2. The summed E-state index contributed by atoms with van der Waals surface area (Å²) in [5, 5.41) is 8.06. The van der Waals surface area contributed by atoms with Gasteiger partial charge < -0.3 is 10.3 Å². The highest BCUT2D eigenvalue weighted by molar-refractivity contribution is 9.10. The number of pyridine rings is 1. The number of halogens is 1. The maximum atomic E-state index is 11.9. The van der Waals surface area contributed by atoms with Gasteiger partial charge in [-0.1, -0.05) is 0 Å². The van der Waals surface area contributed by atoms with Gasteiger partial charge in [0.25, 0.3) is 5.91 Å². The van der Waals surface area contributed by atoms with Crippen LogP contribution in [0.4, 0.5) is 0 Å². The maximum Gasteiger partial charge on any atom is 0.267 e. The number of fused-ring (bicyclic) bond motifs is 3. The molecule has 0 saturated carbocycles. The summed E-state index contributed by atoms with van der Waals surface area (Å²) in [6, 6.07) is 3.85. The van der Waals surface area contributed by atoms with Crippen molar-refractivity contribution < 1.29 is 4.79 Å². The topological polar surface area (TPSA) is 62.2 Å². The SMILES string of the molecule is CCNC(=O)c1cc2c(Br)cc3c(C)cnn3c2[nH]1. The number of aromatic amines is 1. The molecule has 6 heteroatoms. The Morgan fingerprint density at radius 1 is 1.53 bits per heavy atom. The molecule has 3 rings (SSSR count). The number of amides is 1. The van der Waals surface area contributed by atoms with Gasteiger partial charge in [0.15, 0.2) is 0 Å². The Hall–Kier alpha value is -1.82. The lowest BCUT2D eigenvalue weighted by molar-refractivity contribution is 0.0951. The van der Waals surface area contributed by atoms with Gasteiger partial charge in [0.1, 0.15) is 11.3 Å². The molecule has 0 aliphatic carbocycles. The molecule has 0 saturated heterocycles. The molecule has 0 bridgehead atoms. The van der Waals surface area contributed by atoms with E-state index in [1.54, 1.807) is 0 Å². The molecule has 0 unspecified atom stereocenters. The van der Waals surface area contributed by atoms with Crippen molar-refractivity contribution >= 4 is 38.4 Å². The number of hydrogen-bond donors (Lipinski definition) is 2. The van der Waals surface area contributed by atoms with Crippen molar-refractivity contribution in [2.45, 2.75) is 13.8 Å². The molecule has 3 aromatic rings. The fourth-order valence-electron chi connectivity index (χ4n) is 2.16. The number of carbonyl (C=O) groups excluding carboxylic acids is 1. The minimum absolute atomic E-state index is 0.109. The van der Waals surface area contributed by atoms with Crippen LogP contribution >= 0.6 is 15.9 Å². The molecular formula is C13H13BrN4O. The quantitative estimate of drug-likeness (QED) is 0.762. The zero-order chi connectivity index (χ0) is 13.6. The molecule has 0 aromatic carbocycles. The molecule has 3 heterocycles. The molecule has 0 spiro atoms. The Morgan fingerprint density at radius 2 is 2.32 bits per heavy atom. The van der Waals surface area contributed by atoms with E-state index in [1.807, 2.05) is 36.7 Å². The number of rotatable bonds is 2. The van der Waals surface area contributed by atoms with E-state index in [9.17, 15) is 4.79 Å². The second-order valence-corrected chi connectivity index (χ2v) is 5.28. The Balaban J connectivity index is 2.29. The summed E-state index contributed by atoms with van der Waals surface area (Å²) in [4.78, 5) is 15.0. The van der Waals surface area contributed by atoms with Crippen LogP contribution in [0.5, 0.6) is 0 Å². The summed E-state index contributed by atoms with van der Waals surface area (Å²) in [7, 11) is 0. The Kier molecular flexibility index (Phi) is 2.82. The second-order valence-electron chi connectivity index (χ2n) is 4.42. The lowest BCUT2D eigenvalue weighted by Gasteiger charge is -1.99. The molecule has 0 fully saturated rings. The highest BCUT2D eigenvalue weighted by atomic mass is 79.9. The molecule has 3 aromatic heterocycles. The Labute approximate surface area is 118 Å². The number of aromatic nitrogens is 3. The van der Waals surface area contributed by atoms with E-state index in [0.717, 1.165) is 26.6 Å². The van der Waals surface area contributed by atoms with Crippen molar-refractivity contribution in [3.63, 3.8) is 0 Å². The predicted octanol–water partition coefficient (Wildman–Crippen LogP) is 2.64. The maximum absolute atomic E-state index is 11.9. The van der Waals surface area contributed by atoms with Crippen molar-refractivity contribution in [2.75, 3.05) is 6.54 Å². The van der Waals surface area contributed by atoms with Gasteiger partial charge in [0.05, 0.1) is 11.7 Å². The summed E-state index contributed by atoms with van der Waals surface area (Å²) in [5.74, 6) is -0.109. The van der Waals surface area contributed by atoms with Gasteiger partial charge >= 0.3 is 0 Å². The van der Waals surface area contributed by atoms with Crippen LogP contribution < -0.4 is 5.32 Å². The van der Waals surface area contributed by atoms with Gasteiger partial charge in [0.2, 0.25) is 0 Å². The highest BCUT2D eigenvalue weighted by Gasteiger charge is 2.14. The van der Waals surface area contributed by atoms with Crippen molar-refractivity contribution in [2.24, 2.45) is 0 Å². The van der Waals surface area contributed by atoms with Crippen LogP contribution in [-0.4, -0.2) is 27.0 Å². The summed E-state index contributed by atoms with van der Waals surface area (Å²) in [6.07, 6.45) is 1.81. The number of nitrogens with zero attached hydrogens (tertiary/aromatic N) is 2. The summed E-state index contributed by atoms with van der Waals surface area (Å²) < 4.78 is 2.77. The molecule has 0 aliphatic heterocycles. The first-order valence-corrected chi connectivity index (χ1v) is 6.85. The third-order valence-corrected chi connectivity index (χ3v) is 3.77. The van der Waals surface area contributed by atoms with E-state index in [1.165, 1.54) is 0 Å².